The van der Waals surface area contributed by atoms with Gasteiger partial charge in [-0.2, -0.15) is 0 Å². The number of benzene rings is 4. The largest absolute Gasteiger partial charge is 0.325 e. The fraction of sp³-hybridized carbons (Fsp3) is 0.143. The molecule has 0 fully saturated rings. The van der Waals surface area contributed by atoms with Crippen molar-refractivity contribution in [3.05, 3.63) is 144 Å². The van der Waals surface area contributed by atoms with E-state index in [0.717, 1.165) is 22.3 Å². The maximum absolute atomic E-state index is 12.7. The van der Waals surface area contributed by atoms with Gasteiger partial charge in [-0.05, 0) is 79.2 Å². The van der Waals surface area contributed by atoms with Crippen molar-refractivity contribution >= 4 is 39.2 Å². The van der Waals surface area contributed by atoms with Crippen molar-refractivity contribution in [2.45, 2.75) is 17.7 Å². The maximum Gasteiger partial charge on any atom is 0.264 e. The van der Waals surface area contributed by atoms with Crippen molar-refractivity contribution in [3.63, 3.8) is 0 Å². The zero-order chi connectivity index (χ0) is 30.8. The van der Waals surface area contributed by atoms with E-state index in [0.29, 0.717) is 5.69 Å². The number of hydrogen-bond donors (Lipinski definition) is 2. The first kappa shape index (κ1) is 31.2. The van der Waals surface area contributed by atoms with Crippen molar-refractivity contribution < 1.29 is 18.0 Å². The highest BCUT2D eigenvalue weighted by atomic mass is 32.2. The van der Waals surface area contributed by atoms with Gasteiger partial charge in [0.15, 0.2) is 0 Å². The van der Waals surface area contributed by atoms with Crippen LogP contribution in [0.4, 0.5) is 5.69 Å². The number of nitrogens with one attached hydrogen (secondary N) is 2. The molecule has 0 saturated carbocycles. The lowest BCUT2D eigenvalue weighted by molar-refractivity contribution is -0.117. The quantitative estimate of drug-likeness (QED) is 0.210. The molecule has 2 amide bonds. The molecule has 4 aromatic rings. The fourth-order valence-corrected chi connectivity index (χ4v) is 5.67. The molecular formula is C35H35N3O4S. The minimum Gasteiger partial charge on any atom is -0.325 e. The SMILES string of the molecule is CC=C(c1ccccc1)C(c1ccccc1)c1ccc(C=CC(=O)NS(=O)(=O)c2ccc(NC(=O)CN(C)C)cc2)cc1. The minimum atomic E-state index is -4.09. The zero-order valence-electron chi connectivity index (χ0n) is 24.4. The Labute approximate surface area is 253 Å². The van der Waals surface area contributed by atoms with Crippen LogP contribution in [0.15, 0.2) is 126 Å². The van der Waals surface area contributed by atoms with Gasteiger partial charge in [0.2, 0.25) is 5.91 Å². The number of hydrogen-bond acceptors (Lipinski definition) is 5. The summed E-state index contributed by atoms with van der Waals surface area (Å²) in [6.45, 7) is 2.24. The van der Waals surface area contributed by atoms with Crippen LogP contribution in [0.1, 0.15) is 35.1 Å². The van der Waals surface area contributed by atoms with E-state index in [4.69, 9.17) is 0 Å². The summed E-state index contributed by atoms with van der Waals surface area (Å²) in [4.78, 5) is 26.1. The van der Waals surface area contributed by atoms with Crippen LogP contribution in [0, 0.1) is 0 Å². The third-order valence-corrected chi connectivity index (χ3v) is 8.06. The van der Waals surface area contributed by atoms with Crippen LogP contribution in [-0.4, -0.2) is 45.8 Å². The fourth-order valence-electron chi connectivity index (χ4n) is 4.73. The first-order valence-corrected chi connectivity index (χ1v) is 15.3. The number of anilines is 1. The molecule has 0 heterocycles. The summed E-state index contributed by atoms with van der Waals surface area (Å²) < 4.78 is 27.5. The zero-order valence-corrected chi connectivity index (χ0v) is 25.2. The van der Waals surface area contributed by atoms with E-state index in [9.17, 15) is 18.0 Å². The second kappa shape index (κ2) is 14.4. The number of amides is 2. The van der Waals surface area contributed by atoms with Gasteiger partial charge < -0.3 is 10.2 Å². The molecule has 220 valence electrons. The summed E-state index contributed by atoms with van der Waals surface area (Å²) in [6, 6.07) is 34.0. The number of sulfonamides is 1. The molecule has 0 radical (unpaired) electrons. The minimum absolute atomic E-state index is 0.00719. The number of likely N-dealkylation sites (N-methyl/N-ethyl adjacent to an activating group) is 1. The molecule has 0 aliphatic rings. The van der Waals surface area contributed by atoms with Gasteiger partial charge in [0, 0.05) is 17.7 Å². The van der Waals surface area contributed by atoms with E-state index in [2.05, 4.69) is 40.4 Å². The van der Waals surface area contributed by atoms with Gasteiger partial charge in [-0.25, -0.2) is 13.1 Å². The Morgan fingerprint density at radius 2 is 1.37 bits per heavy atom. The number of allylic oxidation sites excluding steroid dienone is 2. The van der Waals surface area contributed by atoms with Crippen LogP contribution in [-0.2, 0) is 19.6 Å². The van der Waals surface area contributed by atoms with Crippen LogP contribution in [0.25, 0.3) is 11.6 Å². The van der Waals surface area contributed by atoms with Crippen molar-refractivity contribution in [2.75, 3.05) is 26.0 Å². The number of carbonyl (C=O) groups excluding carboxylic acids is 2. The molecule has 0 aliphatic carbocycles. The summed E-state index contributed by atoms with van der Waals surface area (Å²) in [5.41, 5.74) is 5.79. The molecule has 4 aromatic carbocycles. The summed E-state index contributed by atoms with van der Waals surface area (Å²) >= 11 is 0. The van der Waals surface area contributed by atoms with E-state index < -0.39 is 15.9 Å². The predicted molar refractivity (Wildman–Crippen MR) is 173 cm³/mol. The molecule has 0 bridgehead atoms. The molecule has 8 heteroatoms. The molecule has 0 aromatic heterocycles. The Morgan fingerprint density at radius 3 is 1.95 bits per heavy atom. The van der Waals surface area contributed by atoms with E-state index in [1.165, 1.54) is 35.9 Å². The average molecular weight is 594 g/mol. The van der Waals surface area contributed by atoms with E-state index in [-0.39, 0.29) is 23.3 Å². The normalized spacial score (nSPS) is 12.7. The Balaban J connectivity index is 1.45. The van der Waals surface area contributed by atoms with Crippen molar-refractivity contribution in [1.82, 2.24) is 9.62 Å². The number of rotatable bonds is 11. The third kappa shape index (κ3) is 8.61. The molecule has 1 unspecified atom stereocenters. The van der Waals surface area contributed by atoms with Gasteiger partial charge in [-0.3, -0.25) is 9.59 Å². The Morgan fingerprint density at radius 1 is 0.791 bits per heavy atom. The second-order valence-corrected chi connectivity index (χ2v) is 11.9. The van der Waals surface area contributed by atoms with E-state index >= 15 is 0 Å². The van der Waals surface area contributed by atoms with Crippen LogP contribution in [0.5, 0.6) is 0 Å². The molecule has 0 aliphatic heterocycles. The van der Waals surface area contributed by atoms with Gasteiger partial charge >= 0.3 is 0 Å². The lowest BCUT2D eigenvalue weighted by Crippen LogP contribution is -2.29. The van der Waals surface area contributed by atoms with Crippen LogP contribution >= 0.6 is 0 Å². The van der Waals surface area contributed by atoms with E-state index in [1.54, 1.807) is 25.1 Å². The topological polar surface area (TPSA) is 95.6 Å². The molecule has 2 N–H and O–H groups in total. The van der Waals surface area contributed by atoms with Gasteiger partial charge in [-0.1, -0.05) is 91.0 Å². The van der Waals surface area contributed by atoms with Crippen molar-refractivity contribution in [1.29, 1.82) is 0 Å². The average Bonchev–Trinajstić information content (AvgIpc) is 2.99. The summed E-state index contributed by atoms with van der Waals surface area (Å²) in [6.07, 6.45) is 4.90. The number of nitrogens with zero attached hydrogens (tertiary/aromatic N) is 1. The Bertz CT molecular complexity index is 1700. The van der Waals surface area contributed by atoms with Gasteiger partial charge in [0.25, 0.3) is 15.9 Å². The van der Waals surface area contributed by atoms with Gasteiger partial charge in [0.1, 0.15) is 0 Å². The smallest absolute Gasteiger partial charge is 0.264 e. The van der Waals surface area contributed by atoms with Crippen LogP contribution < -0.4 is 10.0 Å². The Kier molecular flexibility index (Phi) is 10.4. The van der Waals surface area contributed by atoms with Crippen LogP contribution in [0.3, 0.4) is 0 Å². The summed E-state index contributed by atoms with van der Waals surface area (Å²) in [5, 5.41) is 2.69. The highest BCUT2D eigenvalue weighted by molar-refractivity contribution is 7.90. The van der Waals surface area contributed by atoms with E-state index in [1.807, 2.05) is 67.6 Å². The lowest BCUT2D eigenvalue weighted by Gasteiger charge is -2.22. The highest BCUT2D eigenvalue weighted by Gasteiger charge is 2.20. The van der Waals surface area contributed by atoms with Crippen molar-refractivity contribution in [3.8, 4) is 0 Å². The van der Waals surface area contributed by atoms with Gasteiger partial charge in [0.05, 0.1) is 11.4 Å². The monoisotopic (exact) mass is 593 g/mol. The first-order valence-electron chi connectivity index (χ1n) is 13.8. The standard InChI is InChI=1S/C35H35N3O4S/c1-4-32(27-11-7-5-8-12-27)35(28-13-9-6-10-14-28)29-18-15-26(16-19-29)17-24-33(39)37-43(41,42)31-22-20-30(21-23-31)36-34(40)25-38(2)3/h4-24,35H,25H2,1-3H3,(H,36,40)(H,37,39). The molecule has 1 atom stereocenters. The lowest BCUT2D eigenvalue weighted by atomic mass is 9.81. The molecule has 4 rings (SSSR count). The summed E-state index contributed by atoms with van der Waals surface area (Å²) in [7, 11) is -0.547. The first-order chi connectivity index (χ1) is 20.7. The molecule has 0 spiro atoms. The molecule has 0 saturated heterocycles. The second-order valence-electron chi connectivity index (χ2n) is 10.2. The molecule has 7 nitrogen and oxygen atoms in total. The Hall–Kier alpha value is -4.79. The summed E-state index contributed by atoms with van der Waals surface area (Å²) in [5.74, 6) is -0.983. The predicted octanol–water partition coefficient (Wildman–Crippen LogP) is 5.94. The third-order valence-electron chi connectivity index (χ3n) is 6.70. The highest BCUT2D eigenvalue weighted by Crippen LogP contribution is 2.37. The van der Waals surface area contributed by atoms with Crippen molar-refractivity contribution in [2.24, 2.45) is 0 Å². The molecular weight excluding hydrogens is 558 g/mol. The van der Waals surface area contributed by atoms with Gasteiger partial charge in [-0.15, -0.1) is 0 Å². The number of carbonyl (C=O) groups is 2. The van der Waals surface area contributed by atoms with Crippen LogP contribution in [0.2, 0.25) is 0 Å². The maximum atomic E-state index is 12.7. The molecule has 43 heavy (non-hydrogen) atoms.